The van der Waals surface area contributed by atoms with Crippen LogP contribution in [0.4, 0.5) is 0 Å². The Kier molecular flexibility index (Phi) is 10.7. The van der Waals surface area contributed by atoms with Crippen LogP contribution < -0.4 is 10.6 Å². The van der Waals surface area contributed by atoms with E-state index in [1.165, 1.54) is 11.1 Å². The molecule has 0 aliphatic rings. The summed E-state index contributed by atoms with van der Waals surface area (Å²) in [6.07, 6.45) is 1.86. The molecule has 1 unspecified atom stereocenters. The molecular weight excluding hydrogens is 475 g/mol. The summed E-state index contributed by atoms with van der Waals surface area (Å²) in [6.45, 7) is 5.03. The SMILES string of the molecule is CCc1ccc(C(C)NC(=NC)NCCc2cccc(C(=O)N(C)C)c2)cc1.I. The van der Waals surface area contributed by atoms with Crippen molar-refractivity contribution in [3.05, 3.63) is 70.8 Å². The Morgan fingerprint density at radius 2 is 1.79 bits per heavy atom. The van der Waals surface area contributed by atoms with E-state index in [0.29, 0.717) is 5.56 Å². The number of nitrogens with one attached hydrogen (secondary N) is 2. The first-order valence-corrected chi connectivity index (χ1v) is 9.81. The summed E-state index contributed by atoms with van der Waals surface area (Å²) in [5, 5.41) is 6.79. The number of aliphatic imine (C=N–C) groups is 1. The first kappa shape index (κ1) is 24.9. The van der Waals surface area contributed by atoms with Crippen molar-refractivity contribution in [2.45, 2.75) is 32.7 Å². The number of guanidine groups is 1. The van der Waals surface area contributed by atoms with Gasteiger partial charge in [-0.2, -0.15) is 0 Å². The van der Waals surface area contributed by atoms with Crippen LogP contribution >= 0.6 is 24.0 Å². The summed E-state index contributed by atoms with van der Waals surface area (Å²) in [4.78, 5) is 18.0. The van der Waals surface area contributed by atoms with Crippen LogP contribution in [0.5, 0.6) is 0 Å². The summed E-state index contributed by atoms with van der Waals surface area (Å²) in [5.74, 6) is 0.794. The second-order valence-corrected chi connectivity index (χ2v) is 7.11. The van der Waals surface area contributed by atoms with Crippen LogP contribution in [0.25, 0.3) is 0 Å². The Balaban J connectivity index is 0.00000420. The number of amides is 1. The molecule has 0 saturated heterocycles. The summed E-state index contributed by atoms with van der Waals surface area (Å²) in [5.41, 5.74) is 4.41. The van der Waals surface area contributed by atoms with E-state index in [1.54, 1.807) is 26.0 Å². The van der Waals surface area contributed by atoms with Crippen LogP contribution in [0.1, 0.15) is 46.9 Å². The lowest BCUT2D eigenvalue weighted by molar-refractivity contribution is 0.0827. The first-order chi connectivity index (χ1) is 13.4. The summed E-state index contributed by atoms with van der Waals surface area (Å²) in [6, 6.07) is 16.6. The van der Waals surface area contributed by atoms with E-state index < -0.39 is 0 Å². The smallest absolute Gasteiger partial charge is 0.253 e. The third kappa shape index (κ3) is 7.68. The molecule has 2 N–H and O–H groups in total. The zero-order valence-electron chi connectivity index (χ0n) is 18.0. The van der Waals surface area contributed by atoms with Crippen molar-refractivity contribution in [1.82, 2.24) is 15.5 Å². The zero-order chi connectivity index (χ0) is 20.5. The van der Waals surface area contributed by atoms with Crippen molar-refractivity contribution in [1.29, 1.82) is 0 Å². The molecule has 1 atom stereocenters. The number of nitrogens with zero attached hydrogens (tertiary/aromatic N) is 2. The van der Waals surface area contributed by atoms with Crippen molar-refractivity contribution >= 4 is 35.8 Å². The highest BCUT2D eigenvalue weighted by Gasteiger charge is 2.09. The number of aryl methyl sites for hydroxylation is 1. The zero-order valence-corrected chi connectivity index (χ0v) is 20.4. The standard InChI is InChI=1S/C23H32N4O.HI/c1-6-18-10-12-20(13-11-18)17(2)26-23(24-3)25-15-14-19-8-7-9-21(16-19)22(28)27(4)5;/h7-13,16-17H,6,14-15H2,1-5H3,(H2,24,25,26);1H. The van der Waals surface area contributed by atoms with Crippen molar-refractivity contribution in [2.75, 3.05) is 27.7 Å². The van der Waals surface area contributed by atoms with Crippen LogP contribution in [-0.4, -0.2) is 44.5 Å². The fraction of sp³-hybridized carbons (Fsp3) is 0.391. The molecule has 6 heteroatoms. The molecule has 0 spiro atoms. The maximum atomic E-state index is 12.1. The third-order valence-electron chi connectivity index (χ3n) is 4.75. The molecular formula is C23H33IN4O. The second-order valence-electron chi connectivity index (χ2n) is 7.11. The van der Waals surface area contributed by atoms with Gasteiger partial charge in [-0.25, -0.2) is 0 Å². The normalized spacial score (nSPS) is 12.0. The molecule has 0 radical (unpaired) electrons. The van der Waals surface area contributed by atoms with E-state index in [9.17, 15) is 4.79 Å². The average Bonchev–Trinajstić information content (AvgIpc) is 2.72. The Bertz CT molecular complexity index is 803. The molecule has 0 aliphatic carbocycles. The largest absolute Gasteiger partial charge is 0.356 e. The van der Waals surface area contributed by atoms with Gasteiger partial charge in [-0.1, -0.05) is 43.3 Å². The van der Waals surface area contributed by atoms with Gasteiger partial charge < -0.3 is 15.5 Å². The third-order valence-corrected chi connectivity index (χ3v) is 4.75. The lowest BCUT2D eigenvalue weighted by atomic mass is 10.1. The minimum Gasteiger partial charge on any atom is -0.356 e. The van der Waals surface area contributed by atoms with Crippen molar-refractivity contribution in [3.8, 4) is 0 Å². The van der Waals surface area contributed by atoms with Crippen molar-refractivity contribution in [3.63, 3.8) is 0 Å². The van der Waals surface area contributed by atoms with Crippen molar-refractivity contribution < 1.29 is 4.79 Å². The molecule has 2 aromatic rings. The number of benzene rings is 2. The van der Waals surface area contributed by atoms with Gasteiger partial charge in [0.05, 0.1) is 6.04 Å². The van der Waals surface area contributed by atoms with Gasteiger partial charge in [0.15, 0.2) is 5.96 Å². The van der Waals surface area contributed by atoms with E-state index in [2.05, 4.69) is 53.7 Å². The van der Waals surface area contributed by atoms with E-state index in [-0.39, 0.29) is 35.9 Å². The van der Waals surface area contributed by atoms with E-state index in [4.69, 9.17) is 0 Å². The van der Waals surface area contributed by atoms with Crippen LogP contribution in [-0.2, 0) is 12.8 Å². The van der Waals surface area contributed by atoms with Gasteiger partial charge in [0.1, 0.15) is 0 Å². The highest BCUT2D eigenvalue weighted by molar-refractivity contribution is 14.0. The van der Waals surface area contributed by atoms with Crippen molar-refractivity contribution in [2.24, 2.45) is 4.99 Å². The molecule has 0 aliphatic heterocycles. The predicted molar refractivity (Wildman–Crippen MR) is 132 cm³/mol. The highest BCUT2D eigenvalue weighted by atomic mass is 127. The lowest BCUT2D eigenvalue weighted by Gasteiger charge is -2.18. The minimum atomic E-state index is 0. The molecule has 158 valence electrons. The predicted octanol–water partition coefficient (Wildman–Crippen LogP) is 4.04. The van der Waals surface area contributed by atoms with Crippen LogP contribution in [0.3, 0.4) is 0 Å². The van der Waals surface area contributed by atoms with Gasteiger partial charge in [-0.15, -0.1) is 24.0 Å². The van der Waals surface area contributed by atoms with E-state index >= 15 is 0 Å². The maximum absolute atomic E-state index is 12.1. The van der Waals surface area contributed by atoms with Crippen LogP contribution in [0.15, 0.2) is 53.5 Å². The molecule has 0 heterocycles. The minimum absolute atomic E-state index is 0. The summed E-state index contributed by atoms with van der Waals surface area (Å²) in [7, 11) is 5.31. The molecule has 2 rings (SSSR count). The lowest BCUT2D eigenvalue weighted by Crippen LogP contribution is -2.39. The van der Waals surface area contributed by atoms with Gasteiger partial charge in [0, 0.05) is 33.3 Å². The number of halogens is 1. The number of carbonyl (C=O) groups is 1. The molecule has 0 fully saturated rings. The Morgan fingerprint density at radius 1 is 1.10 bits per heavy atom. The topological polar surface area (TPSA) is 56.7 Å². The molecule has 0 aromatic heterocycles. The molecule has 5 nitrogen and oxygen atoms in total. The Labute approximate surface area is 192 Å². The van der Waals surface area contributed by atoms with Gasteiger partial charge >= 0.3 is 0 Å². The highest BCUT2D eigenvalue weighted by Crippen LogP contribution is 2.13. The van der Waals surface area contributed by atoms with Crippen LogP contribution in [0.2, 0.25) is 0 Å². The number of hydrogen-bond acceptors (Lipinski definition) is 2. The Hall–Kier alpha value is -2.09. The fourth-order valence-corrected chi connectivity index (χ4v) is 2.97. The van der Waals surface area contributed by atoms with Gasteiger partial charge in [-0.05, 0) is 48.6 Å². The second kappa shape index (κ2) is 12.5. The maximum Gasteiger partial charge on any atom is 0.253 e. The number of hydrogen-bond donors (Lipinski definition) is 2. The summed E-state index contributed by atoms with van der Waals surface area (Å²) >= 11 is 0. The van der Waals surface area contributed by atoms with Crippen LogP contribution in [0, 0.1) is 0 Å². The van der Waals surface area contributed by atoms with E-state index in [0.717, 1.165) is 30.9 Å². The number of carbonyl (C=O) groups excluding carboxylic acids is 1. The Morgan fingerprint density at radius 3 is 2.38 bits per heavy atom. The van der Waals surface area contributed by atoms with Gasteiger partial charge in [-0.3, -0.25) is 9.79 Å². The molecule has 2 aromatic carbocycles. The monoisotopic (exact) mass is 508 g/mol. The molecule has 1 amide bonds. The summed E-state index contributed by atoms with van der Waals surface area (Å²) < 4.78 is 0. The average molecular weight is 508 g/mol. The van der Waals surface area contributed by atoms with E-state index in [1.807, 2.05) is 24.3 Å². The van der Waals surface area contributed by atoms with Gasteiger partial charge in [0.25, 0.3) is 5.91 Å². The fourth-order valence-electron chi connectivity index (χ4n) is 2.97. The first-order valence-electron chi connectivity index (χ1n) is 9.81. The molecule has 0 bridgehead atoms. The molecule has 0 saturated carbocycles. The number of rotatable bonds is 7. The van der Waals surface area contributed by atoms with Gasteiger partial charge in [0.2, 0.25) is 0 Å². The quantitative estimate of drug-likeness (QED) is 0.337. The molecule has 29 heavy (non-hydrogen) atoms.